The molecule has 182 valence electrons. The number of anilines is 1. The Hall–Kier alpha value is -4.61. The van der Waals surface area contributed by atoms with Crippen molar-refractivity contribution in [1.82, 2.24) is 20.2 Å². The lowest BCUT2D eigenvalue weighted by molar-refractivity contribution is -0.136. The average Bonchev–Trinajstić information content (AvgIpc) is 3.38. The fraction of sp³-hybridized carbons (Fsp3) is 0.261. The Morgan fingerprint density at radius 3 is 2.29 bits per heavy atom. The minimum atomic E-state index is -0.934. The Morgan fingerprint density at radius 1 is 0.886 bits per heavy atom. The number of Topliss-reactive ketones (excluding diaryl/α,β-unsaturated/α-hetero) is 1. The van der Waals surface area contributed by atoms with E-state index in [-0.39, 0.29) is 22.8 Å². The second-order valence-electron chi connectivity index (χ2n) is 7.26. The van der Waals surface area contributed by atoms with Crippen molar-refractivity contribution in [3.63, 3.8) is 0 Å². The predicted octanol–water partition coefficient (Wildman–Crippen LogP) is 2.03. The molecule has 1 aromatic heterocycles. The van der Waals surface area contributed by atoms with Crippen molar-refractivity contribution in [3.8, 4) is 23.0 Å². The Kier molecular flexibility index (Phi) is 6.53. The molecule has 3 aromatic rings. The summed E-state index contributed by atoms with van der Waals surface area (Å²) in [5.74, 6) is 0.648. The van der Waals surface area contributed by atoms with E-state index in [1.807, 2.05) is 0 Å². The number of carbonyl (C=O) groups excluding carboxylic acids is 2. The van der Waals surface area contributed by atoms with Crippen molar-refractivity contribution < 1.29 is 33.3 Å². The molecular weight excluding hydrogens is 458 g/mol. The van der Waals surface area contributed by atoms with Crippen molar-refractivity contribution in [2.75, 3.05) is 40.9 Å². The normalized spacial score (nSPS) is 14.5. The first-order valence-corrected chi connectivity index (χ1v) is 10.3. The van der Waals surface area contributed by atoms with Crippen LogP contribution in [0.5, 0.6) is 23.0 Å². The van der Waals surface area contributed by atoms with E-state index in [9.17, 15) is 9.59 Å². The van der Waals surface area contributed by atoms with Crippen LogP contribution in [0.15, 0.2) is 47.7 Å². The van der Waals surface area contributed by atoms with E-state index in [2.05, 4.69) is 20.8 Å². The van der Waals surface area contributed by atoms with Crippen molar-refractivity contribution in [2.45, 2.75) is 6.04 Å². The summed E-state index contributed by atoms with van der Waals surface area (Å²) in [6, 6.07) is 8.86. The topological polar surface area (TPSA) is 136 Å². The largest absolute Gasteiger partial charge is 0.497 e. The lowest BCUT2D eigenvalue weighted by atomic mass is 9.88. The molecule has 2 aromatic carbocycles. The zero-order valence-corrected chi connectivity index (χ0v) is 19.7. The van der Waals surface area contributed by atoms with E-state index in [1.54, 1.807) is 30.3 Å². The minimum absolute atomic E-state index is 0.0485. The maximum atomic E-state index is 14.0. The maximum absolute atomic E-state index is 14.0. The summed E-state index contributed by atoms with van der Waals surface area (Å²) in [6.45, 7) is 0. The zero-order chi connectivity index (χ0) is 25.1. The number of nitrogens with one attached hydrogen (secondary N) is 1. The highest BCUT2D eigenvalue weighted by Crippen LogP contribution is 2.42. The second kappa shape index (κ2) is 9.71. The SMILES string of the molecule is COC(=O)C1=C(C(=O)c2ccc(OC)c(OC)c2)[C@H](c2ccc(OC)cc2OC)n2nnnc2N1. The van der Waals surface area contributed by atoms with Gasteiger partial charge in [0.25, 0.3) is 0 Å². The van der Waals surface area contributed by atoms with E-state index in [4.69, 9.17) is 23.7 Å². The Morgan fingerprint density at radius 2 is 1.63 bits per heavy atom. The van der Waals surface area contributed by atoms with Gasteiger partial charge < -0.3 is 29.0 Å². The maximum Gasteiger partial charge on any atom is 0.355 e. The van der Waals surface area contributed by atoms with Gasteiger partial charge in [-0.3, -0.25) is 4.79 Å². The molecule has 0 saturated carbocycles. The fourth-order valence-corrected chi connectivity index (χ4v) is 3.85. The van der Waals surface area contributed by atoms with Gasteiger partial charge >= 0.3 is 5.97 Å². The number of methoxy groups -OCH3 is 5. The monoisotopic (exact) mass is 481 g/mol. The quantitative estimate of drug-likeness (QED) is 0.374. The van der Waals surface area contributed by atoms with Crippen LogP contribution in [0.2, 0.25) is 0 Å². The predicted molar refractivity (Wildman–Crippen MR) is 122 cm³/mol. The van der Waals surface area contributed by atoms with E-state index in [0.29, 0.717) is 28.6 Å². The zero-order valence-electron chi connectivity index (χ0n) is 19.7. The third-order valence-corrected chi connectivity index (χ3v) is 5.53. The first-order chi connectivity index (χ1) is 17.0. The molecule has 1 atom stereocenters. The van der Waals surface area contributed by atoms with Crippen molar-refractivity contribution in [3.05, 3.63) is 58.8 Å². The number of tetrazole rings is 1. The standard InChI is InChI=1S/C23H23N5O7/c1-31-13-7-8-14(16(11-13)33-3)20-18(19(22(30)35-5)24-23-25-26-27-28(20)23)21(29)12-6-9-15(32-2)17(10-12)34-4/h6-11,20H,1-5H3,(H,24,25,27)/t20-/m0/s1. The molecule has 1 N–H and O–H groups in total. The molecule has 1 aliphatic rings. The number of ketones is 1. The highest BCUT2D eigenvalue weighted by atomic mass is 16.5. The van der Waals surface area contributed by atoms with Crippen LogP contribution in [0.4, 0.5) is 5.95 Å². The fourth-order valence-electron chi connectivity index (χ4n) is 3.85. The van der Waals surface area contributed by atoms with Crippen molar-refractivity contribution in [1.29, 1.82) is 0 Å². The van der Waals surface area contributed by atoms with Gasteiger partial charge in [0, 0.05) is 17.2 Å². The van der Waals surface area contributed by atoms with Crippen LogP contribution >= 0.6 is 0 Å². The average molecular weight is 481 g/mol. The molecular formula is C23H23N5O7. The summed E-state index contributed by atoms with van der Waals surface area (Å²) >= 11 is 0. The van der Waals surface area contributed by atoms with Crippen LogP contribution in [-0.4, -0.2) is 67.5 Å². The Bertz CT molecular complexity index is 1320. The summed E-state index contributed by atoms with van der Waals surface area (Å²) in [5, 5.41) is 14.5. The first kappa shape index (κ1) is 23.5. The number of ether oxygens (including phenoxy) is 5. The van der Waals surface area contributed by atoms with E-state index in [0.717, 1.165) is 0 Å². The number of aromatic nitrogens is 4. The molecule has 0 spiro atoms. The third-order valence-electron chi connectivity index (χ3n) is 5.53. The molecule has 0 unspecified atom stereocenters. The van der Waals surface area contributed by atoms with E-state index in [1.165, 1.54) is 46.3 Å². The Labute approximate surface area is 200 Å². The van der Waals surface area contributed by atoms with E-state index < -0.39 is 17.8 Å². The number of nitrogens with zero attached hydrogens (tertiary/aromatic N) is 4. The van der Waals surface area contributed by atoms with Gasteiger partial charge in [0.15, 0.2) is 17.3 Å². The molecule has 0 radical (unpaired) electrons. The summed E-state index contributed by atoms with van der Waals surface area (Å²) < 4.78 is 27.9. The van der Waals surface area contributed by atoms with E-state index >= 15 is 0 Å². The van der Waals surface area contributed by atoms with Crippen molar-refractivity contribution in [2.24, 2.45) is 0 Å². The van der Waals surface area contributed by atoms with Gasteiger partial charge in [0.2, 0.25) is 5.95 Å². The van der Waals surface area contributed by atoms with Crippen LogP contribution in [0.1, 0.15) is 22.0 Å². The molecule has 0 bridgehead atoms. The van der Waals surface area contributed by atoms with Gasteiger partial charge in [-0.2, -0.15) is 4.68 Å². The first-order valence-electron chi connectivity index (χ1n) is 10.3. The van der Waals surface area contributed by atoms with Gasteiger partial charge in [-0.05, 0) is 40.8 Å². The van der Waals surface area contributed by atoms with Gasteiger partial charge in [0.05, 0.1) is 41.1 Å². The number of esters is 1. The van der Waals surface area contributed by atoms with Crippen LogP contribution in [0.25, 0.3) is 0 Å². The number of allylic oxidation sites excluding steroid dienone is 1. The minimum Gasteiger partial charge on any atom is -0.497 e. The summed E-state index contributed by atoms with van der Waals surface area (Å²) in [6.07, 6.45) is 0. The lowest BCUT2D eigenvalue weighted by Crippen LogP contribution is -2.33. The summed E-state index contributed by atoms with van der Waals surface area (Å²) in [4.78, 5) is 26.8. The van der Waals surface area contributed by atoms with Crippen LogP contribution in [0.3, 0.4) is 0 Å². The molecule has 4 rings (SSSR count). The molecule has 0 fully saturated rings. The molecule has 2 heterocycles. The van der Waals surface area contributed by atoms with Crippen LogP contribution < -0.4 is 24.3 Å². The second-order valence-corrected chi connectivity index (χ2v) is 7.26. The smallest absolute Gasteiger partial charge is 0.355 e. The van der Waals surface area contributed by atoms with Gasteiger partial charge in [0.1, 0.15) is 23.2 Å². The van der Waals surface area contributed by atoms with Crippen LogP contribution in [0, 0.1) is 0 Å². The molecule has 12 heteroatoms. The van der Waals surface area contributed by atoms with Crippen LogP contribution in [-0.2, 0) is 9.53 Å². The summed E-state index contributed by atoms with van der Waals surface area (Å²) in [5.41, 5.74) is 0.716. The molecule has 0 amide bonds. The molecule has 12 nitrogen and oxygen atoms in total. The lowest BCUT2D eigenvalue weighted by Gasteiger charge is -2.29. The molecule has 35 heavy (non-hydrogen) atoms. The van der Waals surface area contributed by atoms with Crippen molar-refractivity contribution >= 4 is 17.7 Å². The molecule has 0 aliphatic carbocycles. The Balaban J connectivity index is 1.97. The number of carbonyl (C=O) groups is 2. The number of hydrogen-bond acceptors (Lipinski definition) is 11. The molecule has 0 saturated heterocycles. The summed E-state index contributed by atoms with van der Waals surface area (Å²) in [7, 11) is 7.19. The van der Waals surface area contributed by atoms with Gasteiger partial charge in [-0.25, -0.2) is 4.79 Å². The number of hydrogen-bond donors (Lipinski definition) is 1. The molecule has 1 aliphatic heterocycles. The van der Waals surface area contributed by atoms with Gasteiger partial charge in [-0.15, -0.1) is 0 Å². The van der Waals surface area contributed by atoms with Gasteiger partial charge in [-0.1, -0.05) is 5.10 Å². The third kappa shape index (κ3) is 4.09. The highest BCUT2D eigenvalue weighted by molar-refractivity contribution is 6.15. The number of fused-ring (bicyclic) bond motifs is 1. The highest BCUT2D eigenvalue weighted by Gasteiger charge is 2.40. The number of rotatable bonds is 8. The number of benzene rings is 2.